The number of fused-ring (bicyclic) bond motifs is 1. The van der Waals surface area contributed by atoms with Crippen molar-refractivity contribution in [1.82, 2.24) is 19.7 Å². The number of hydrogen-bond acceptors (Lipinski definition) is 5. The van der Waals surface area contributed by atoms with E-state index in [0.29, 0.717) is 17.9 Å². The Morgan fingerprint density at radius 2 is 2.29 bits per heavy atom. The van der Waals surface area contributed by atoms with Gasteiger partial charge in [0.25, 0.3) is 0 Å². The Morgan fingerprint density at radius 3 is 2.96 bits per heavy atom. The summed E-state index contributed by atoms with van der Waals surface area (Å²) in [7, 11) is 0. The van der Waals surface area contributed by atoms with Gasteiger partial charge in [0.05, 0.1) is 18.2 Å². The van der Waals surface area contributed by atoms with E-state index in [1.807, 2.05) is 6.92 Å². The third kappa shape index (κ3) is 3.83. The van der Waals surface area contributed by atoms with Gasteiger partial charge in [0.2, 0.25) is 5.91 Å². The van der Waals surface area contributed by atoms with Crippen LogP contribution in [0.4, 0.5) is 5.13 Å². The smallest absolute Gasteiger partial charge is 0.230 e. The van der Waals surface area contributed by atoms with Crippen LogP contribution in [0.5, 0.6) is 0 Å². The van der Waals surface area contributed by atoms with Crippen LogP contribution in [0.25, 0.3) is 0 Å². The fraction of sp³-hybridized carbons (Fsp3) is 0.647. The zero-order valence-electron chi connectivity index (χ0n) is 14.7. The first kappa shape index (κ1) is 17.1. The molecule has 2 aromatic heterocycles. The summed E-state index contributed by atoms with van der Waals surface area (Å²) in [5, 5.41) is 7.74. The van der Waals surface area contributed by atoms with Crippen LogP contribution in [-0.4, -0.2) is 25.7 Å². The van der Waals surface area contributed by atoms with Crippen LogP contribution in [-0.2, 0) is 24.2 Å². The van der Waals surface area contributed by atoms with Crippen molar-refractivity contribution in [3.8, 4) is 0 Å². The van der Waals surface area contributed by atoms with Crippen molar-refractivity contribution < 1.29 is 4.79 Å². The van der Waals surface area contributed by atoms with E-state index < -0.39 is 0 Å². The third-order valence-electron chi connectivity index (χ3n) is 4.77. The number of thiazole rings is 1. The SMILES string of the molecule is C[C@H](Cn1cncn1)C(=O)Nc1nc2c(s1)C[C@@H](C(C)(C)C)CC2. The summed E-state index contributed by atoms with van der Waals surface area (Å²) in [5.74, 6) is 0.471. The Labute approximate surface area is 146 Å². The summed E-state index contributed by atoms with van der Waals surface area (Å²) in [6.45, 7) is 9.32. The average molecular weight is 347 g/mol. The van der Waals surface area contributed by atoms with E-state index in [2.05, 4.69) is 41.2 Å². The van der Waals surface area contributed by atoms with Crippen LogP contribution >= 0.6 is 11.3 Å². The minimum atomic E-state index is -0.185. The second kappa shape index (κ2) is 6.63. The molecule has 0 radical (unpaired) electrons. The van der Waals surface area contributed by atoms with Crippen molar-refractivity contribution in [2.75, 3.05) is 5.32 Å². The summed E-state index contributed by atoms with van der Waals surface area (Å²) in [5.41, 5.74) is 1.48. The van der Waals surface area contributed by atoms with Crippen molar-refractivity contribution in [1.29, 1.82) is 0 Å². The number of carbonyl (C=O) groups excluding carboxylic acids is 1. The predicted octanol–water partition coefficient (Wildman–Crippen LogP) is 3.16. The van der Waals surface area contributed by atoms with Crippen molar-refractivity contribution in [2.24, 2.45) is 17.3 Å². The Balaban J connectivity index is 1.63. The van der Waals surface area contributed by atoms with Gasteiger partial charge >= 0.3 is 0 Å². The zero-order chi connectivity index (χ0) is 17.3. The highest BCUT2D eigenvalue weighted by molar-refractivity contribution is 7.15. The van der Waals surface area contributed by atoms with Gasteiger partial charge in [-0.1, -0.05) is 27.7 Å². The molecule has 2 aromatic rings. The van der Waals surface area contributed by atoms with Gasteiger partial charge in [-0.3, -0.25) is 9.48 Å². The highest BCUT2D eigenvalue weighted by atomic mass is 32.1. The molecule has 1 aliphatic rings. The quantitative estimate of drug-likeness (QED) is 0.922. The number of nitrogens with one attached hydrogen (secondary N) is 1. The molecule has 0 spiro atoms. The van der Waals surface area contributed by atoms with E-state index in [-0.39, 0.29) is 11.8 Å². The van der Waals surface area contributed by atoms with Gasteiger partial charge in [-0.2, -0.15) is 5.10 Å². The number of aryl methyl sites for hydroxylation is 1. The first-order valence-electron chi connectivity index (χ1n) is 8.45. The molecule has 0 saturated carbocycles. The number of amides is 1. The third-order valence-corrected chi connectivity index (χ3v) is 5.80. The number of rotatable bonds is 4. The van der Waals surface area contributed by atoms with Crippen molar-refractivity contribution in [3.05, 3.63) is 23.2 Å². The van der Waals surface area contributed by atoms with Gasteiger partial charge in [-0.25, -0.2) is 9.97 Å². The van der Waals surface area contributed by atoms with Gasteiger partial charge in [-0.05, 0) is 30.6 Å². The van der Waals surface area contributed by atoms with Gasteiger partial charge in [0.1, 0.15) is 12.7 Å². The van der Waals surface area contributed by atoms with E-state index in [0.717, 1.165) is 18.0 Å². The summed E-state index contributed by atoms with van der Waals surface area (Å²) in [6, 6.07) is 0. The molecule has 0 aromatic carbocycles. The topological polar surface area (TPSA) is 72.7 Å². The zero-order valence-corrected chi connectivity index (χ0v) is 15.6. The Hall–Kier alpha value is -1.76. The first-order chi connectivity index (χ1) is 11.3. The van der Waals surface area contributed by atoms with Gasteiger partial charge < -0.3 is 5.32 Å². The lowest BCUT2D eigenvalue weighted by atomic mass is 9.73. The van der Waals surface area contributed by atoms with E-state index in [9.17, 15) is 4.79 Å². The molecule has 3 rings (SSSR count). The minimum absolute atomic E-state index is 0.0241. The number of nitrogens with zero attached hydrogens (tertiary/aromatic N) is 4. The number of hydrogen-bond donors (Lipinski definition) is 1. The van der Waals surface area contributed by atoms with Gasteiger partial charge in [0.15, 0.2) is 5.13 Å². The molecule has 0 bridgehead atoms. The molecule has 6 nitrogen and oxygen atoms in total. The van der Waals surface area contributed by atoms with Crippen molar-refractivity contribution in [2.45, 2.75) is 53.5 Å². The molecule has 24 heavy (non-hydrogen) atoms. The Kier molecular flexibility index (Phi) is 4.71. The normalized spacial score (nSPS) is 18.9. The highest BCUT2D eigenvalue weighted by Crippen LogP contribution is 2.40. The van der Waals surface area contributed by atoms with Gasteiger partial charge in [-0.15, -0.1) is 11.3 Å². The molecule has 1 aliphatic carbocycles. The average Bonchev–Trinajstić information content (AvgIpc) is 3.13. The van der Waals surface area contributed by atoms with Crippen LogP contribution < -0.4 is 5.32 Å². The summed E-state index contributed by atoms with van der Waals surface area (Å²) in [6.07, 6.45) is 6.36. The molecule has 1 amide bonds. The first-order valence-corrected chi connectivity index (χ1v) is 9.26. The molecule has 7 heteroatoms. The number of carbonyl (C=O) groups is 1. The predicted molar refractivity (Wildman–Crippen MR) is 94.9 cm³/mol. The fourth-order valence-corrected chi connectivity index (χ4v) is 4.18. The summed E-state index contributed by atoms with van der Waals surface area (Å²) < 4.78 is 1.67. The Morgan fingerprint density at radius 1 is 1.50 bits per heavy atom. The standard InChI is InChI=1S/C17H25N5OS/c1-11(8-22-10-18-9-19-22)15(23)21-16-20-13-6-5-12(17(2,3)4)7-14(13)24-16/h9-12H,5-8H2,1-4H3,(H,20,21,23)/t11-,12+/m1/s1. The maximum absolute atomic E-state index is 12.4. The molecule has 130 valence electrons. The van der Waals surface area contributed by atoms with E-state index in [4.69, 9.17) is 0 Å². The lowest BCUT2D eigenvalue weighted by molar-refractivity contribution is -0.119. The second-order valence-corrected chi connectivity index (χ2v) is 8.79. The van der Waals surface area contributed by atoms with Crippen LogP contribution in [0.1, 0.15) is 44.7 Å². The monoisotopic (exact) mass is 347 g/mol. The van der Waals surface area contributed by atoms with E-state index >= 15 is 0 Å². The van der Waals surface area contributed by atoms with Crippen LogP contribution in [0.3, 0.4) is 0 Å². The molecule has 0 fully saturated rings. The van der Waals surface area contributed by atoms with Crippen LogP contribution in [0.2, 0.25) is 0 Å². The maximum atomic E-state index is 12.4. The largest absolute Gasteiger partial charge is 0.302 e. The molecule has 0 aliphatic heterocycles. The number of anilines is 1. The molecule has 1 N–H and O–H groups in total. The molecule has 2 heterocycles. The minimum Gasteiger partial charge on any atom is -0.302 e. The summed E-state index contributed by atoms with van der Waals surface area (Å²) in [4.78, 5) is 22.2. The lowest BCUT2D eigenvalue weighted by Gasteiger charge is -2.33. The van der Waals surface area contributed by atoms with Crippen LogP contribution in [0.15, 0.2) is 12.7 Å². The number of aromatic nitrogens is 4. The van der Waals surface area contributed by atoms with Crippen LogP contribution in [0, 0.1) is 17.3 Å². The molecule has 0 saturated heterocycles. The van der Waals surface area contributed by atoms with E-state index in [1.54, 1.807) is 22.3 Å². The highest BCUT2D eigenvalue weighted by Gasteiger charge is 2.31. The van der Waals surface area contributed by atoms with Gasteiger partial charge in [0, 0.05) is 4.88 Å². The second-order valence-electron chi connectivity index (χ2n) is 7.70. The Bertz CT molecular complexity index is 701. The molecular weight excluding hydrogens is 322 g/mol. The molecular formula is C17H25N5OS. The summed E-state index contributed by atoms with van der Waals surface area (Å²) >= 11 is 1.63. The molecule has 0 unspecified atom stereocenters. The lowest BCUT2D eigenvalue weighted by Crippen LogP contribution is -2.26. The van der Waals surface area contributed by atoms with E-state index in [1.165, 1.54) is 23.3 Å². The van der Waals surface area contributed by atoms with Crippen molar-refractivity contribution in [3.63, 3.8) is 0 Å². The molecule has 2 atom stereocenters. The maximum Gasteiger partial charge on any atom is 0.230 e. The fourth-order valence-electron chi connectivity index (χ4n) is 3.09. The van der Waals surface area contributed by atoms with Crippen molar-refractivity contribution >= 4 is 22.4 Å².